The third-order valence-corrected chi connectivity index (χ3v) is 6.08. The van der Waals surface area contributed by atoms with E-state index in [4.69, 9.17) is 8.92 Å². The summed E-state index contributed by atoms with van der Waals surface area (Å²) in [6.45, 7) is 8.26. The van der Waals surface area contributed by atoms with Gasteiger partial charge in [-0.3, -0.25) is 9.47 Å². The van der Waals surface area contributed by atoms with E-state index in [0.717, 1.165) is 56.1 Å². The Kier molecular flexibility index (Phi) is 7.00. The molecule has 0 spiro atoms. The predicted molar refractivity (Wildman–Crippen MR) is 123 cm³/mol. The molecule has 1 saturated heterocycles. The van der Waals surface area contributed by atoms with Gasteiger partial charge in [-0.1, -0.05) is 26.0 Å². The van der Waals surface area contributed by atoms with E-state index in [0.29, 0.717) is 16.5 Å². The first-order valence-electron chi connectivity index (χ1n) is 10.6. The van der Waals surface area contributed by atoms with Crippen molar-refractivity contribution in [3.05, 3.63) is 47.5 Å². The fourth-order valence-electron chi connectivity index (χ4n) is 3.81. The molecular weight excluding hydrogens is 428 g/mol. The number of nitrogens with zero attached hydrogens (tertiary/aromatic N) is 4. The van der Waals surface area contributed by atoms with Crippen LogP contribution in [0, 0.1) is 0 Å². The lowest BCUT2D eigenvalue weighted by molar-refractivity contribution is 0.0342. The van der Waals surface area contributed by atoms with Gasteiger partial charge in [0.05, 0.1) is 37.9 Å². The first-order chi connectivity index (χ1) is 15.5. The summed E-state index contributed by atoms with van der Waals surface area (Å²) < 4.78 is 12.5. The Morgan fingerprint density at radius 2 is 1.78 bits per heavy atom. The molecule has 170 valence electrons. The maximum atomic E-state index is 10.6. The third kappa shape index (κ3) is 4.75. The number of morpholine rings is 1. The highest BCUT2D eigenvalue weighted by molar-refractivity contribution is 7.94. The molecule has 0 atom stereocenters. The number of phenols is 2. The first-order valence-corrected chi connectivity index (χ1v) is 11.3. The molecule has 0 radical (unpaired) electrons. The lowest BCUT2D eigenvalue weighted by Crippen LogP contribution is -2.35. The minimum absolute atomic E-state index is 0.0570. The lowest BCUT2D eigenvalue weighted by atomic mass is 9.98. The number of hydrogen-bond acceptors (Lipinski definition) is 8. The third-order valence-electron chi connectivity index (χ3n) is 5.50. The molecule has 0 bridgehead atoms. The van der Waals surface area contributed by atoms with Gasteiger partial charge in [-0.15, -0.1) is 10.2 Å². The topological polar surface area (TPSA) is 92.9 Å². The molecule has 8 nitrogen and oxygen atoms in total. The Hall–Kier alpha value is -2.59. The molecule has 1 aliphatic rings. The summed E-state index contributed by atoms with van der Waals surface area (Å²) in [5, 5.41) is 30.0. The predicted octanol–water partition coefficient (Wildman–Crippen LogP) is 3.95. The van der Waals surface area contributed by atoms with Crippen LogP contribution in [0.1, 0.15) is 30.9 Å². The van der Waals surface area contributed by atoms with Gasteiger partial charge in [-0.25, -0.2) is 0 Å². The molecule has 3 aromatic rings. The van der Waals surface area contributed by atoms with Gasteiger partial charge >= 0.3 is 0 Å². The normalized spacial score (nSPS) is 14.9. The lowest BCUT2D eigenvalue weighted by Gasteiger charge is -2.26. The molecule has 4 rings (SSSR count). The van der Waals surface area contributed by atoms with E-state index in [-0.39, 0.29) is 17.4 Å². The summed E-state index contributed by atoms with van der Waals surface area (Å²) in [5.74, 6) is 0.563. The second-order valence-electron chi connectivity index (χ2n) is 8.03. The second-order valence-corrected chi connectivity index (χ2v) is 8.89. The Morgan fingerprint density at radius 1 is 1.06 bits per heavy atom. The summed E-state index contributed by atoms with van der Waals surface area (Å²) in [4.78, 5) is 2.37. The zero-order valence-electron chi connectivity index (χ0n) is 18.5. The van der Waals surface area contributed by atoms with Crippen LogP contribution >= 0.6 is 12.0 Å². The van der Waals surface area contributed by atoms with Crippen molar-refractivity contribution in [3.63, 3.8) is 0 Å². The van der Waals surface area contributed by atoms with Crippen molar-refractivity contribution in [1.82, 2.24) is 19.7 Å². The first kappa shape index (κ1) is 22.6. The van der Waals surface area contributed by atoms with E-state index in [1.165, 1.54) is 11.6 Å². The Labute approximate surface area is 192 Å². The van der Waals surface area contributed by atoms with Crippen molar-refractivity contribution < 1.29 is 19.1 Å². The number of benzene rings is 2. The minimum Gasteiger partial charge on any atom is -0.508 e. The van der Waals surface area contributed by atoms with Crippen LogP contribution in [-0.4, -0.2) is 63.3 Å². The van der Waals surface area contributed by atoms with Crippen LogP contribution in [0.4, 0.5) is 0 Å². The van der Waals surface area contributed by atoms with Crippen molar-refractivity contribution in [2.75, 3.05) is 33.4 Å². The monoisotopic (exact) mass is 456 g/mol. The number of aromatic hydroxyl groups is 2. The Balaban J connectivity index is 1.71. The van der Waals surface area contributed by atoms with Gasteiger partial charge in [-0.2, -0.15) is 0 Å². The summed E-state index contributed by atoms with van der Waals surface area (Å²) >= 11 is 1.10. The maximum Gasteiger partial charge on any atom is 0.223 e. The number of rotatable bonds is 7. The number of aromatic nitrogens is 3. The van der Waals surface area contributed by atoms with Crippen molar-refractivity contribution in [3.8, 4) is 28.6 Å². The van der Waals surface area contributed by atoms with E-state index in [1.807, 2.05) is 30.5 Å². The van der Waals surface area contributed by atoms with Crippen LogP contribution in [0.15, 0.2) is 41.6 Å². The average Bonchev–Trinajstić information content (AvgIpc) is 3.18. The SMILES string of the molecule is COSc1nnc(-c2cc(C(C)C)c(O)cc2O)n1-c1ccc(CN2CCOCC2)cc1. The molecular formula is C23H28N4O4S. The molecule has 32 heavy (non-hydrogen) atoms. The highest BCUT2D eigenvalue weighted by Gasteiger charge is 2.22. The number of phenolic OH excluding ortho intramolecular Hbond substituents is 2. The van der Waals surface area contributed by atoms with Crippen LogP contribution < -0.4 is 0 Å². The van der Waals surface area contributed by atoms with Gasteiger partial charge in [0, 0.05) is 31.4 Å². The smallest absolute Gasteiger partial charge is 0.223 e. The fourth-order valence-corrected chi connectivity index (χ4v) is 4.30. The summed E-state index contributed by atoms with van der Waals surface area (Å²) in [6, 6.07) is 11.3. The van der Waals surface area contributed by atoms with Gasteiger partial charge in [0.2, 0.25) is 5.16 Å². The molecule has 1 aromatic heterocycles. The molecule has 0 saturated carbocycles. The molecule has 0 aliphatic carbocycles. The van der Waals surface area contributed by atoms with Crippen LogP contribution in [0.3, 0.4) is 0 Å². The molecule has 0 unspecified atom stereocenters. The van der Waals surface area contributed by atoms with Gasteiger partial charge in [0.1, 0.15) is 11.5 Å². The van der Waals surface area contributed by atoms with Crippen molar-refractivity contribution in [1.29, 1.82) is 0 Å². The van der Waals surface area contributed by atoms with Gasteiger partial charge in [-0.05, 0) is 35.2 Å². The quantitative estimate of drug-likeness (QED) is 0.516. The van der Waals surface area contributed by atoms with Crippen LogP contribution in [0.2, 0.25) is 0 Å². The van der Waals surface area contributed by atoms with E-state index in [9.17, 15) is 10.2 Å². The summed E-state index contributed by atoms with van der Waals surface area (Å²) in [5.41, 5.74) is 3.29. The fraction of sp³-hybridized carbons (Fsp3) is 0.391. The Bertz CT molecular complexity index is 1060. The van der Waals surface area contributed by atoms with Gasteiger partial charge < -0.3 is 19.1 Å². The van der Waals surface area contributed by atoms with E-state index in [2.05, 4.69) is 27.2 Å². The number of hydrogen-bond donors (Lipinski definition) is 2. The van der Waals surface area contributed by atoms with Crippen LogP contribution in [0.5, 0.6) is 11.5 Å². The summed E-state index contributed by atoms with van der Waals surface area (Å²) in [6.07, 6.45) is 0. The minimum atomic E-state index is -0.0570. The molecule has 2 heterocycles. The van der Waals surface area contributed by atoms with Crippen LogP contribution in [0.25, 0.3) is 17.1 Å². The Morgan fingerprint density at radius 3 is 2.44 bits per heavy atom. The highest BCUT2D eigenvalue weighted by Crippen LogP contribution is 2.39. The maximum absolute atomic E-state index is 10.6. The molecule has 2 aromatic carbocycles. The molecule has 1 aliphatic heterocycles. The molecule has 2 N–H and O–H groups in total. The van der Waals surface area contributed by atoms with Gasteiger partial charge in [0.15, 0.2) is 5.82 Å². The van der Waals surface area contributed by atoms with Crippen LogP contribution in [-0.2, 0) is 15.5 Å². The largest absolute Gasteiger partial charge is 0.508 e. The highest BCUT2D eigenvalue weighted by atomic mass is 32.2. The van der Waals surface area contributed by atoms with Crippen molar-refractivity contribution in [2.24, 2.45) is 0 Å². The van der Waals surface area contributed by atoms with E-state index in [1.54, 1.807) is 13.2 Å². The standard InChI is InChI=1S/C23H28N4O4S/c1-15(2)18-12-19(21(29)13-20(18)28)22-24-25-23(32-30-3)27(22)17-6-4-16(5-7-17)14-26-8-10-31-11-9-26/h4-7,12-13,15,28-29H,8-11,14H2,1-3H3. The average molecular weight is 457 g/mol. The van der Waals surface area contributed by atoms with E-state index < -0.39 is 0 Å². The number of ether oxygens (including phenoxy) is 1. The van der Waals surface area contributed by atoms with Crippen molar-refractivity contribution >= 4 is 12.0 Å². The molecule has 1 fully saturated rings. The zero-order chi connectivity index (χ0) is 22.7. The molecule has 9 heteroatoms. The van der Waals surface area contributed by atoms with Gasteiger partial charge in [0.25, 0.3) is 0 Å². The zero-order valence-corrected chi connectivity index (χ0v) is 19.3. The molecule has 0 amide bonds. The van der Waals surface area contributed by atoms with Crippen molar-refractivity contribution in [2.45, 2.75) is 31.5 Å². The second kappa shape index (κ2) is 9.91. The van der Waals surface area contributed by atoms with E-state index >= 15 is 0 Å². The summed E-state index contributed by atoms with van der Waals surface area (Å²) in [7, 11) is 1.57.